The molecule has 3 atom stereocenters. The minimum Gasteiger partial charge on any atom is -0.382 e. The van der Waals surface area contributed by atoms with Crippen LogP contribution in [0.15, 0.2) is 47.4 Å². The number of rotatable bonds is 10. The second-order valence-electron chi connectivity index (χ2n) is 9.66. The molecule has 3 aromatic rings. The molecule has 2 amide bonds. The third kappa shape index (κ3) is 6.37. The van der Waals surface area contributed by atoms with Crippen LogP contribution in [-0.2, 0) is 14.9 Å². The van der Waals surface area contributed by atoms with Gasteiger partial charge in [0.25, 0.3) is 0 Å². The number of ether oxygens (including phenoxy) is 1. The number of aromatic nitrogens is 2. The van der Waals surface area contributed by atoms with Gasteiger partial charge in [0.15, 0.2) is 0 Å². The number of hydrogen-bond donors (Lipinski definition) is 5. The van der Waals surface area contributed by atoms with Crippen LogP contribution in [0.25, 0.3) is 11.0 Å². The van der Waals surface area contributed by atoms with Gasteiger partial charge < -0.3 is 29.9 Å². The topological polar surface area (TPSA) is 146 Å². The van der Waals surface area contributed by atoms with Gasteiger partial charge in [-0.15, -0.1) is 0 Å². The zero-order valence-corrected chi connectivity index (χ0v) is 22.1. The summed E-state index contributed by atoms with van der Waals surface area (Å²) in [6.45, 7) is 4.48. The lowest BCUT2D eigenvalue weighted by molar-refractivity contribution is 0.120. The fourth-order valence-corrected chi connectivity index (χ4v) is 5.83. The Hall–Kier alpha value is -3.35. The van der Waals surface area contributed by atoms with E-state index in [0.29, 0.717) is 17.6 Å². The molecular weight excluding hydrogens is 508 g/mol. The Morgan fingerprint density at radius 2 is 2.03 bits per heavy atom. The van der Waals surface area contributed by atoms with E-state index in [-0.39, 0.29) is 40.8 Å². The summed E-state index contributed by atoms with van der Waals surface area (Å²) in [5.41, 5.74) is 1.91. The number of fused-ring (bicyclic) bond motifs is 1. The summed E-state index contributed by atoms with van der Waals surface area (Å²) >= 11 is 0. The molecule has 3 heterocycles. The second-order valence-corrected chi connectivity index (χ2v) is 11.2. The number of carbonyl (C=O) groups excluding carboxylic acids is 1. The maximum atomic E-state index is 12.8. The Balaban J connectivity index is 1.19. The lowest BCUT2D eigenvalue weighted by Crippen LogP contribution is -2.48. The molecule has 3 unspecified atom stereocenters. The first-order valence-corrected chi connectivity index (χ1v) is 14.5. The zero-order valence-electron chi connectivity index (χ0n) is 21.3. The Bertz CT molecular complexity index is 1350. The Morgan fingerprint density at radius 3 is 2.74 bits per heavy atom. The monoisotopic (exact) mass is 542 g/mol. The molecule has 5 rings (SSSR count). The largest absolute Gasteiger partial charge is 0.382 e. The van der Waals surface area contributed by atoms with E-state index in [1.807, 2.05) is 6.92 Å². The molecule has 5 N–H and O–H groups in total. The van der Waals surface area contributed by atoms with Crippen molar-refractivity contribution in [1.82, 2.24) is 20.6 Å². The summed E-state index contributed by atoms with van der Waals surface area (Å²) in [5.74, 6) is 0.397. The van der Waals surface area contributed by atoms with Gasteiger partial charge in [-0.05, 0) is 75.0 Å². The van der Waals surface area contributed by atoms with E-state index >= 15 is 0 Å². The molecule has 2 saturated heterocycles. The molecule has 0 spiro atoms. The number of benzene rings is 2. The standard InChI is InChI=1S/C26H34N6O5S/c1-2-21(22-6-3-13-27-22)31-26(33)32-25-29-23-12-9-18(15-24(23)30-25)37-38(34,35)20-10-7-17(8-11-20)28-16-19-5-4-14-36-19/h7-12,15,19,21-22,27-28H,2-6,13-14,16H2,1H3,(H3,29,30,31,32,33). The van der Waals surface area contributed by atoms with Crippen molar-refractivity contribution < 1.29 is 22.1 Å². The molecule has 2 fully saturated rings. The summed E-state index contributed by atoms with van der Waals surface area (Å²) < 4.78 is 36.7. The normalized spacial score (nSPS) is 20.3. The van der Waals surface area contributed by atoms with Gasteiger partial charge in [0.05, 0.1) is 17.1 Å². The first-order chi connectivity index (χ1) is 18.4. The van der Waals surface area contributed by atoms with Gasteiger partial charge in [-0.25, -0.2) is 9.78 Å². The van der Waals surface area contributed by atoms with Gasteiger partial charge in [0.1, 0.15) is 10.6 Å². The fourth-order valence-electron chi connectivity index (χ4n) is 4.91. The molecular formula is C26H34N6O5S. The van der Waals surface area contributed by atoms with E-state index in [0.717, 1.165) is 50.9 Å². The maximum Gasteiger partial charge on any atom is 0.339 e. The van der Waals surface area contributed by atoms with Gasteiger partial charge in [0.2, 0.25) is 5.95 Å². The number of urea groups is 1. The summed E-state index contributed by atoms with van der Waals surface area (Å²) in [4.78, 5) is 20.0. The van der Waals surface area contributed by atoms with E-state index in [1.54, 1.807) is 18.2 Å². The maximum absolute atomic E-state index is 12.8. The Kier molecular flexibility index (Phi) is 8.01. The van der Waals surface area contributed by atoms with Crippen LogP contribution < -0.4 is 25.5 Å². The van der Waals surface area contributed by atoms with Crippen LogP contribution in [-0.4, -0.2) is 62.3 Å². The van der Waals surface area contributed by atoms with Crippen LogP contribution >= 0.6 is 0 Å². The molecule has 0 aliphatic carbocycles. The summed E-state index contributed by atoms with van der Waals surface area (Å²) in [5, 5.41) is 12.4. The Labute approximate surface area is 222 Å². The van der Waals surface area contributed by atoms with Crippen molar-refractivity contribution in [3.8, 4) is 5.75 Å². The van der Waals surface area contributed by atoms with Gasteiger partial charge >= 0.3 is 16.1 Å². The smallest absolute Gasteiger partial charge is 0.339 e. The molecule has 0 radical (unpaired) electrons. The molecule has 2 aliphatic heterocycles. The van der Waals surface area contributed by atoms with E-state index in [1.165, 1.54) is 24.3 Å². The summed E-state index contributed by atoms with van der Waals surface area (Å²) in [6, 6.07) is 11.1. The molecule has 2 aliphatic rings. The number of aromatic amines is 1. The van der Waals surface area contributed by atoms with E-state index in [2.05, 4.69) is 31.2 Å². The average molecular weight is 543 g/mol. The van der Waals surface area contributed by atoms with E-state index in [4.69, 9.17) is 8.92 Å². The van der Waals surface area contributed by atoms with Crippen molar-refractivity contribution in [1.29, 1.82) is 0 Å². The van der Waals surface area contributed by atoms with Gasteiger partial charge in [-0.1, -0.05) is 6.92 Å². The third-order valence-electron chi connectivity index (χ3n) is 6.93. The molecule has 38 heavy (non-hydrogen) atoms. The van der Waals surface area contributed by atoms with Crippen molar-refractivity contribution in [2.24, 2.45) is 0 Å². The third-order valence-corrected chi connectivity index (χ3v) is 8.19. The van der Waals surface area contributed by atoms with Gasteiger partial charge in [0, 0.05) is 37.0 Å². The second kappa shape index (κ2) is 11.6. The molecule has 1 aromatic heterocycles. The number of nitrogens with zero attached hydrogens (tertiary/aromatic N) is 1. The molecule has 0 saturated carbocycles. The minimum atomic E-state index is -4.04. The van der Waals surface area contributed by atoms with Crippen molar-refractivity contribution in [3.05, 3.63) is 42.5 Å². The van der Waals surface area contributed by atoms with Crippen LogP contribution in [0.4, 0.5) is 16.4 Å². The SMILES string of the molecule is CCC(NC(=O)Nc1nc2ccc(OS(=O)(=O)c3ccc(NCC4CCCO4)cc3)cc2[nH]1)C1CCCN1. The predicted octanol–water partition coefficient (Wildman–Crippen LogP) is 3.57. The first kappa shape index (κ1) is 26.3. The van der Waals surface area contributed by atoms with Crippen LogP contribution in [0.5, 0.6) is 5.75 Å². The Morgan fingerprint density at radius 1 is 1.18 bits per heavy atom. The van der Waals surface area contributed by atoms with Crippen molar-refractivity contribution in [3.63, 3.8) is 0 Å². The molecule has 12 heteroatoms. The van der Waals surface area contributed by atoms with Crippen LogP contribution in [0.3, 0.4) is 0 Å². The predicted molar refractivity (Wildman–Crippen MR) is 145 cm³/mol. The highest BCUT2D eigenvalue weighted by atomic mass is 32.2. The molecule has 0 bridgehead atoms. The lowest BCUT2D eigenvalue weighted by Gasteiger charge is -2.23. The zero-order chi connectivity index (χ0) is 26.5. The number of imidazole rings is 1. The van der Waals surface area contributed by atoms with Crippen LogP contribution in [0.2, 0.25) is 0 Å². The van der Waals surface area contributed by atoms with Crippen molar-refractivity contribution >= 4 is 38.8 Å². The number of carbonyl (C=O) groups is 1. The summed E-state index contributed by atoms with van der Waals surface area (Å²) in [7, 11) is -4.04. The number of nitrogens with one attached hydrogen (secondary N) is 5. The van der Waals surface area contributed by atoms with E-state index < -0.39 is 10.1 Å². The average Bonchev–Trinajstić information content (AvgIpc) is 3.68. The molecule has 2 aromatic carbocycles. The van der Waals surface area contributed by atoms with Gasteiger partial charge in [-0.2, -0.15) is 8.42 Å². The highest BCUT2D eigenvalue weighted by Gasteiger charge is 2.25. The fraction of sp³-hybridized carbons (Fsp3) is 0.462. The highest BCUT2D eigenvalue weighted by Crippen LogP contribution is 2.25. The number of amides is 2. The highest BCUT2D eigenvalue weighted by molar-refractivity contribution is 7.87. The van der Waals surface area contributed by atoms with Crippen molar-refractivity contribution in [2.75, 3.05) is 30.3 Å². The number of anilines is 2. The molecule has 11 nitrogen and oxygen atoms in total. The van der Waals surface area contributed by atoms with Crippen LogP contribution in [0.1, 0.15) is 39.0 Å². The summed E-state index contributed by atoms with van der Waals surface area (Å²) in [6.07, 6.45) is 5.23. The van der Waals surface area contributed by atoms with Crippen LogP contribution in [0, 0.1) is 0 Å². The first-order valence-electron chi connectivity index (χ1n) is 13.1. The minimum absolute atomic E-state index is 0.0262. The molecule has 204 valence electrons. The number of H-pyrrole nitrogens is 1. The number of hydrogen-bond acceptors (Lipinski definition) is 8. The quantitative estimate of drug-likeness (QED) is 0.244. The van der Waals surface area contributed by atoms with E-state index in [9.17, 15) is 13.2 Å². The van der Waals surface area contributed by atoms with Gasteiger partial charge in [-0.3, -0.25) is 5.32 Å². The van der Waals surface area contributed by atoms with Crippen molar-refractivity contribution in [2.45, 2.75) is 62.1 Å². The lowest BCUT2D eigenvalue weighted by atomic mass is 10.0.